The summed E-state index contributed by atoms with van der Waals surface area (Å²) in [7, 11) is 2.06. The van der Waals surface area contributed by atoms with Gasteiger partial charge < -0.3 is 49.1 Å². The molecule has 6 aliphatic heterocycles. The zero-order valence-corrected chi connectivity index (χ0v) is 36.2. The number of fused-ring (bicyclic) bond motifs is 7. The van der Waals surface area contributed by atoms with E-state index in [9.17, 15) is 19.2 Å². The highest BCUT2D eigenvalue weighted by Gasteiger charge is 2.53. The van der Waals surface area contributed by atoms with Crippen molar-refractivity contribution in [2.24, 2.45) is 10.2 Å². The Hall–Kier alpha value is -4.83. The van der Waals surface area contributed by atoms with E-state index in [1.54, 1.807) is 10.7 Å². The van der Waals surface area contributed by atoms with Crippen molar-refractivity contribution in [2.75, 3.05) is 72.3 Å². The first-order valence-corrected chi connectivity index (χ1v) is 23.0. The number of unbranched alkanes of at least 4 members (excludes halogenated alkanes) is 1. The summed E-state index contributed by atoms with van der Waals surface area (Å²) in [6.07, 6.45) is 7.40. The Morgan fingerprint density at radius 3 is 2.63 bits per heavy atom. The third-order valence-electron chi connectivity index (χ3n) is 12.7. The van der Waals surface area contributed by atoms with Gasteiger partial charge in [0.15, 0.2) is 23.7 Å². The second kappa shape index (κ2) is 19.5. The van der Waals surface area contributed by atoms with Crippen LogP contribution in [0.15, 0.2) is 40.2 Å². The molecule has 3 fully saturated rings. The molecule has 0 unspecified atom stereocenters. The lowest BCUT2D eigenvalue weighted by Gasteiger charge is -2.44. The molecule has 1 aromatic carbocycles. The lowest BCUT2D eigenvalue weighted by molar-refractivity contribution is -0.155. The first-order chi connectivity index (χ1) is 30.7. The number of benzene rings is 1. The van der Waals surface area contributed by atoms with E-state index in [0.29, 0.717) is 94.3 Å². The number of nitrogens with one attached hydrogen (secondary N) is 3. The van der Waals surface area contributed by atoms with Crippen LogP contribution in [0.25, 0.3) is 0 Å². The number of aryl methyl sites for hydroxylation is 1. The summed E-state index contributed by atoms with van der Waals surface area (Å²) in [5.41, 5.74) is 2.28. The Balaban J connectivity index is 0.613. The molecule has 0 radical (unpaired) electrons. The van der Waals surface area contributed by atoms with Gasteiger partial charge in [0.2, 0.25) is 18.4 Å². The zero-order chi connectivity index (χ0) is 43.3. The van der Waals surface area contributed by atoms with Gasteiger partial charge in [0.1, 0.15) is 0 Å². The number of nitrogens with zero attached hydrogens (tertiary/aromatic N) is 6. The van der Waals surface area contributed by atoms with Crippen molar-refractivity contribution in [2.45, 2.75) is 105 Å². The summed E-state index contributed by atoms with van der Waals surface area (Å²) in [6, 6.07) is 3.93. The smallest absolute Gasteiger partial charge is 0.339 e. The van der Waals surface area contributed by atoms with Gasteiger partial charge in [0, 0.05) is 55.1 Å². The monoisotopic (exact) mass is 893 g/mol. The second-order valence-corrected chi connectivity index (χ2v) is 18.2. The van der Waals surface area contributed by atoms with Gasteiger partial charge in [-0.25, -0.2) is 14.3 Å². The molecule has 7 atom stereocenters. The van der Waals surface area contributed by atoms with E-state index in [1.807, 2.05) is 30.1 Å². The number of hydrogen-bond donors (Lipinski definition) is 3. The summed E-state index contributed by atoms with van der Waals surface area (Å²) >= 11 is 1.89. The molecule has 0 saturated carbocycles. The van der Waals surface area contributed by atoms with E-state index < -0.39 is 29.8 Å². The first kappa shape index (κ1) is 43.4. The fraction of sp³-hybridized carbons (Fsp3) is 0.667. The van der Waals surface area contributed by atoms with Crippen LogP contribution in [0.4, 0.5) is 4.79 Å². The molecule has 7 aliphatic rings. The number of carbonyl (C=O) groups excluding carboxylic acids is 4. The van der Waals surface area contributed by atoms with Gasteiger partial charge in [0.05, 0.1) is 75.9 Å². The van der Waals surface area contributed by atoms with Crippen LogP contribution in [-0.4, -0.2) is 157 Å². The van der Waals surface area contributed by atoms with Crippen molar-refractivity contribution < 1.29 is 52.3 Å². The van der Waals surface area contributed by atoms with Gasteiger partial charge in [-0.15, -0.1) is 5.10 Å². The third-order valence-corrected chi connectivity index (χ3v) is 14.2. The lowest BCUT2D eigenvalue weighted by Crippen LogP contribution is -2.52. The zero-order valence-electron chi connectivity index (χ0n) is 35.4. The second-order valence-electron chi connectivity index (χ2n) is 16.9. The number of urea groups is 1. The molecule has 3 saturated heterocycles. The standard InChI is InChI=1S/C42H55N9O11S/c1-50-10-7-25-18-32(39-36(38(25)50)27-19-30-31(60-24-59-30)20-28(27)40(54)62-39)61-35(53)21-42(47-48-42)8-6-26-22-51(49-46-26)11-13-57-15-17-58-16-14-56-12-9-43-34(52)5-3-2-4-33-37-29(23-63-33)44-41(55)45-37/h18-20,22,29,32-33,36-39H,2-17,21,23-24H2,1H3,(H,43,52)(H2,44,45,55)/t29-,32-,33-,36-,37-,38+,39+/m0/s1. The van der Waals surface area contributed by atoms with Gasteiger partial charge in [-0.1, -0.05) is 17.2 Å². The first-order valence-electron chi connectivity index (χ1n) is 22.0. The normalized spacial score (nSPS) is 26.8. The molecule has 7 heterocycles. The van der Waals surface area contributed by atoms with Crippen molar-refractivity contribution >= 4 is 35.6 Å². The number of carbonyl (C=O) groups is 4. The molecule has 340 valence electrons. The molecular formula is C42H55N9O11S. The molecule has 21 heteroatoms. The fourth-order valence-electron chi connectivity index (χ4n) is 9.41. The molecule has 1 aliphatic carbocycles. The molecule has 0 spiro atoms. The minimum absolute atomic E-state index is 0.00246. The molecule has 9 rings (SSSR count). The molecular weight excluding hydrogens is 839 g/mol. The molecule has 20 nitrogen and oxygen atoms in total. The van der Waals surface area contributed by atoms with Crippen molar-refractivity contribution in [3.8, 4) is 11.5 Å². The summed E-state index contributed by atoms with van der Waals surface area (Å²) in [5.74, 6) is 0.890. The highest BCUT2D eigenvalue weighted by Crippen LogP contribution is 2.50. The van der Waals surface area contributed by atoms with Crippen LogP contribution >= 0.6 is 11.8 Å². The lowest BCUT2D eigenvalue weighted by atomic mass is 9.73. The molecule has 63 heavy (non-hydrogen) atoms. The number of ether oxygens (including phenoxy) is 7. The van der Waals surface area contributed by atoms with E-state index in [2.05, 4.69) is 48.4 Å². The van der Waals surface area contributed by atoms with Crippen LogP contribution in [0.5, 0.6) is 11.5 Å². The fourth-order valence-corrected chi connectivity index (χ4v) is 11.0. The van der Waals surface area contributed by atoms with Crippen LogP contribution in [0.1, 0.15) is 72.5 Å². The Kier molecular flexibility index (Phi) is 13.4. The third kappa shape index (κ3) is 10.3. The van der Waals surface area contributed by atoms with Crippen molar-refractivity contribution in [3.63, 3.8) is 0 Å². The van der Waals surface area contributed by atoms with Gasteiger partial charge >= 0.3 is 18.0 Å². The Labute approximate surface area is 368 Å². The summed E-state index contributed by atoms with van der Waals surface area (Å²) in [4.78, 5) is 52.6. The number of hydrogen-bond acceptors (Lipinski definition) is 17. The topological polar surface area (TPSA) is 228 Å². The van der Waals surface area contributed by atoms with Crippen molar-refractivity contribution in [3.05, 3.63) is 46.8 Å². The van der Waals surface area contributed by atoms with Crippen molar-refractivity contribution in [1.29, 1.82) is 0 Å². The summed E-state index contributed by atoms with van der Waals surface area (Å²) < 4.78 is 41.8. The van der Waals surface area contributed by atoms with Gasteiger partial charge in [0.25, 0.3) is 0 Å². The number of likely N-dealkylation sites (N-methyl/N-ethyl adjacent to an activating group) is 1. The quantitative estimate of drug-likeness (QED) is 0.0630. The summed E-state index contributed by atoms with van der Waals surface area (Å²) in [5, 5.41) is 26.2. The predicted octanol–water partition coefficient (Wildman–Crippen LogP) is 2.26. The van der Waals surface area contributed by atoms with Crippen LogP contribution in [0.3, 0.4) is 0 Å². The molecule has 0 bridgehead atoms. The van der Waals surface area contributed by atoms with E-state index in [0.717, 1.165) is 54.8 Å². The SMILES string of the molecule is CN1CCC2=C[C@H](OC(=O)CC3(CCc4cn(CCOCCOCCOCCNC(=O)CCCC[C@@H]5SC[C@@H]6NC(=O)N[C@@H]65)nn4)N=N3)[C@H]3OC(=O)c4cc5c(cc4[C@H]3[C@@H]21)OCO5. The van der Waals surface area contributed by atoms with E-state index in [1.165, 1.54) is 0 Å². The number of amides is 3. The highest BCUT2D eigenvalue weighted by atomic mass is 32.2. The van der Waals surface area contributed by atoms with Gasteiger partial charge in [-0.05, 0) is 56.5 Å². The van der Waals surface area contributed by atoms with Gasteiger partial charge in [-0.3, -0.25) is 14.5 Å². The van der Waals surface area contributed by atoms with Crippen LogP contribution < -0.4 is 25.4 Å². The highest BCUT2D eigenvalue weighted by molar-refractivity contribution is 8.00. The Morgan fingerprint density at radius 2 is 1.81 bits per heavy atom. The number of thioether (sulfide) groups is 1. The maximum Gasteiger partial charge on any atom is 0.339 e. The van der Waals surface area contributed by atoms with Crippen molar-refractivity contribution in [1.82, 2.24) is 35.8 Å². The Morgan fingerprint density at radius 1 is 1.02 bits per heavy atom. The van der Waals surface area contributed by atoms with Gasteiger partial charge in [-0.2, -0.15) is 22.0 Å². The van der Waals surface area contributed by atoms with Crippen LogP contribution in [0.2, 0.25) is 0 Å². The molecule has 2 aromatic rings. The Bertz CT molecular complexity index is 2080. The van der Waals surface area contributed by atoms with Crippen LogP contribution in [-0.2, 0) is 46.2 Å². The minimum Gasteiger partial charge on any atom is -0.454 e. The average Bonchev–Trinajstić information content (AvgIpc) is 3.83. The number of likely N-dealkylation sites (tertiary alicyclic amines) is 1. The molecule has 1 aromatic heterocycles. The van der Waals surface area contributed by atoms with E-state index in [-0.39, 0.29) is 49.2 Å². The maximum atomic E-state index is 13.4. The van der Waals surface area contributed by atoms with E-state index >= 15 is 0 Å². The number of esters is 2. The van der Waals surface area contributed by atoms with Crippen LogP contribution in [0, 0.1) is 0 Å². The molecule has 3 amide bonds. The minimum atomic E-state index is -0.883. The predicted molar refractivity (Wildman–Crippen MR) is 223 cm³/mol. The maximum absolute atomic E-state index is 13.4. The van der Waals surface area contributed by atoms with E-state index in [4.69, 9.17) is 33.2 Å². The summed E-state index contributed by atoms with van der Waals surface area (Å²) in [6.45, 7) is 4.45. The number of rotatable bonds is 23. The number of aromatic nitrogens is 3. The average molecular weight is 894 g/mol. The molecule has 3 N–H and O–H groups in total. The largest absolute Gasteiger partial charge is 0.454 e.